The van der Waals surface area contributed by atoms with Crippen molar-refractivity contribution >= 4 is 0 Å². The lowest BCUT2D eigenvalue weighted by Crippen LogP contribution is -2.41. The third kappa shape index (κ3) is 2.14. The number of hydrogen-bond acceptors (Lipinski definition) is 2. The SMILES string of the molecule is Cc1ccc(OCC2CC2)c(C2(CN)CCC2)c1. The van der Waals surface area contributed by atoms with E-state index in [1.54, 1.807) is 0 Å². The van der Waals surface area contributed by atoms with Crippen molar-refractivity contribution in [3.05, 3.63) is 29.3 Å². The molecule has 2 heteroatoms. The predicted octanol–water partition coefficient (Wildman–Crippen LogP) is 3.16. The molecule has 1 aromatic carbocycles. The molecule has 2 fully saturated rings. The Morgan fingerprint density at radius 1 is 1.33 bits per heavy atom. The van der Waals surface area contributed by atoms with E-state index >= 15 is 0 Å². The van der Waals surface area contributed by atoms with Gasteiger partial charge in [0.1, 0.15) is 5.75 Å². The molecule has 0 unspecified atom stereocenters. The molecule has 0 radical (unpaired) electrons. The Morgan fingerprint density at radius 3 is 2.67 bits per heavy atom. The zero-order chi connectivity index (χ0) is 12.6. The van der Waals surface area contributed by atoms with Crippen LogP contribution >= 0.6 is 0 Å². The predicted molar refractivity (Wildman–Crippen MR) is 74.0 cm³/mol. The van der Waals surface area contributed by atoms with E-state index in [0.717, 1.165) is 24.8 Å². The van der Waals surface area contributed by atoms with E-state index in [-0.39, 0.29) is 5.41 Å². The third-order valence-corrected chi connectivity index (χ3v) is 4.58. The molecule has 0 aromatic heterocycles. The lowest BCUT2D eigenvalue weighted by atomic mass is 9.64. The summed E-state index contributed by atoms with van der Waals surface area (Å²) in [5.41, 5.74) is 8.90. The van der Waals surface area contributed by atoms with Crippen molar-refractivity contribution in [3.63, 3.8) is 0 Å². The quantitative estimate of drug-likeness (QED) is 0.864. The van der Waals surface area contributed by atoms with E-state index in [1.165, 1.54) is 43.2 Å². The highest BCUT2D eigenvalue weighted by atomic mass is 16.5. The second kappa shape index (κ2) is 4.58. The molecule has 2 N–H and O–H groups in total. The lowest BCUT2D eigenvalue weighted by Gasteiger charge is -2.42. The Labute approximate surface area is 110 Å². The number of rotatable bonds is 5. The number of nitrogens with two attached hydrogens (primary N) is 1. The number of aryl methyl sites for hydroxylation is 1. The molecule has 1 aromatic rings. The monoisotopic (exact) mass is 245 g/mol. The molecule has 18 heavy (non-hydrogen) atoms. The molecule has 0 aliphatic heterocycles. The molecule has 0 spiro atoms. The summed E-state index contributed by atoms with van der Waals surface area (Å²) in [5, 5.41) is 0. The van der Waals surface area contributed by atoms with Gasteiger partial charge in [0.25, 0.3) is 0 Å². The van der Waals surface area contributed by atoms with Crippen molar-refractivity contribution < 1.29 is 4.74 Å². The summed E-state index contributed by atoms with van der Waals surface area (Å²) in [6.45, 7) is 3.78. The summed E-state index contributed by atoms with van der Waals surface area (Å²) >= 11 is 0. The molecule has 0 atom stereocenters. The molecule has 0 heterocycles. The third-order valence-electron chi connectivity index (χ3n) is 4.58. The maximum Gasteiger partial charge on any atom is 0.123 e. The number of benzene rings is 1. The molecule has 98 valence electrons. The van der Waals surface area contributed by atoms with E-state index in [2.05, 4.69) is 25.1 Å². The summed E-state index contributed by atoms with van der Waals surface area (Å²) in [6.07, 6.45) is 6.40. The highest BCUT2D eigenvalue weighted by molar-refractivity contribution is 5.44. The maximum absolute atomic E-state index is 6.04. The Balaban J connectivity index is 1.86. The summed E-state index contributed by atoms with van der Waals surface area (Å²) in [4.78, 5) is 0. The second-order valence-corrected chi connectivity index (χ2v) is 6.09. The average Bonchev–Trinajstić information content (AvgIpc) is 3.11. The van der Waals surface area contributed by atoms with Crippen molar-refractivity contribution in [1.29, 1.82) is 0 Å². The van der Waals surface area contributed by atoms with Gasteiger partial charge < -0.3 is 10.5 Å². The molecule has 2 nitrogen and oxygen atoms in total. The molecule has 0 saturated heterocycles. The number of ether oxygens (including phenoxy) is 1. The Hall–Kier alpha value is -1.02. The molecule has 2 aliphatic carbocycles. The van der Waals surface area contributed by atoms with Crippen molar-refractivity contribution in [3.8, 4) is 5.75 Å². The molecule has 2 aliphatic rings. The first-order valence-electron chi connectivity index (χ1n) is 7.17. The largest absolute Gasteiger partial charge is 0.493 e. The van der Waals surface area contributed by atoms with Crippen LogP contribution in [0.25, 0.3) is 0 Å². The van der Waals surface area contributed by atoms with E-state index < -0.39 is 0 Å². The fourth-order valence-electron chi connectivity index (χ4n) is 2.86. The van der Waals surface area contributed by atoms with Crippen LogP contribution in [-0.2, 0) is 5.41 Å². The first-order valence-corrected chi connectivity index (χ1v) is 7.17. The normalized spacial score (nSPS) is 21.4. The molecular formula is C16H23NO. The van der Waals surface area contributed by atoms with Crippen LogP contribution in [0.15, 0.2) is 18.2 Å². The van der Waals surface area contributed by atoms with Gasteiger partial charge in [0.2, 0.25) is 0 Å². The molecule has 3 rings (SSSR count). The van der Waals surface area contributed by atoms with Gasteiger partial charge in [0, 0.05) is 17.5 Å². The summed E-state index contributed by atoms with van der Waals surface area (Å²) in [5.74, 6) is 1.88. The van der Waals surface area contributed by atoms with Gasteiger partial charge in [-0.15, -0.1) is 0 Å². The summed E-state index contributed by atoms with van der Waals surface area (Å²) in [7, 11) is 0. The van der Waals surface area contributed by atoms with E-state index in [0.29, 0.717) is 0 Å². The highest BCUT2D eigenvalue weighted by Gasteiger charge is 2.39. The minimum absolute atomic E-state index is 0.199. The Bertz CT molecular complexity index is 427. The van der Waals surface area contributed by atoms with E-state index in [9.17, 15) is 0 Å². The van der Waals surface area contributed by atoms with Crippen molar-refractivity contribution in [2.45, 2.75) is 44.4 Å². The zero-order valence-corrected chi connectivity index (χ0v) is 11.2. The van der Waals surface area contributed by atoms with Gasteiger partial charge in [0.15, 0.2) is 0 Å². The van der Waals surface area contributed by atoms with Gasteiger partial charge in [0.05, 0.1) is 6.61 Å². The molecule has 2 saturated carbocycles. The van der Waals surface area contributed by atoms with Gasteiger partial charge in [-0.1, -0.05) is 24.1 Å². The molecule has 0 amide bonds. The van der Waals surface area contributed by atoms with Crippen molar-refractivity contribution in [2.75, 3.05) is 13.2 Å². The number of hydrogen-bond donors (Lipinski definition) is 1. The minimum atomic E-state index is 0.199. The topological polar surface area (TPSA) is 35.2 Å². The van der Waals surface area contributed by atoms with Gasteiger partial charge in [-0.25, -0.2) is 0 Å². The first-order chi connectivity index (χ1) is 8.73. The van der Waals surface area contributed by atoms with Crippen LogP contribution < -0.4 is 10.5 Å². The molecule has 0 bridgehead atoms. The van der Waals surface area contributed by atoms with Crippen LogP contribution in [0.5, 0.6) is 5.75 Å². The smallest absolute Gasteiger partial charge is 0.123 e. The van der Waals surface area contributed by atoms with Crippen LogP contribution in [-0.4, -0.2) is 13.2 Å². The fourth-order valence-corrected chi connectivity index (χ4v) is 2.86. The standard InChI is InChI=1S/C16H23NO/c1-12-3-6-15(18-10-13-4-5-13)14(9-12)16(11-17)7-2-8-16/h3,6,9,13H,2,4-5,7-8,10-11,17H2,1H3. The van der Waals surface area contributed by atoms with Gasteiger partial charge in [-0.05, 0) is 44.6 Å². The lowest BCUT2D eigenvalue weighted by molar-refractivity contribution is 0.231. The zero-order valence-electron chi connectivity index (χ0n) is 11.2. The fraction of sp³-hybridized carbons (Fsp3) is 0.625. The van der Waals surface area contributed by atoms with Crippen LogP contribution in [0.1, 0.15) is 43.2 Å². The van der Waals surface area contributed by atoms with E-state index in [1.807, 2.05) is 0 Å². The first kappa shape index (κ1) is 12.0. The second-order valence-electron chi connectivity index (χ2n) is 6.09. The van der Waals surface area contributed by atoms with Crippen molar-refractivity contribution in [2.24, 2.45) is 11.7 Å². The Kier molecular flexibility index (Phi) is 3.06. The maximum atomic E-state index is 6.04. The van der Waals surface area contributed by atoms with Crippen molar-refractivity contribution in [1.82, 2.24) is 0 Å². The Morgan fingerprint density at radius 2 is 2.11 bits per heavy atom. The van der Waals surface area contributed by atoms with Crippen LogP contribution in [0.2, 0.25) is 0 Å². The van der Waals surface area contributed by atoms with E-state index in [4.69, 9.17) is 10.5 Å². The average molecular weight is 245 g/mol. The minimum Gasteiger partial charge on any atom is -0.493 e. The van der Waals surface area contributed by atoms with Gasteiger partial charge in [-0.3, -0.25) is 0 Å². The van der Waals surface area contributed by atoms with Gasteiger partial charge in [-0.2, -0.15) is 0 Å². The summed E-state index contributed by atoms with van der Waals surface area (Å²) in [6, 6.07) is 6.58. The van der Waals surface area contributed by atoms with Crippen LogP contribution in [0.4, 0.5) is 0 Å². The van der Waals surface area contributed by atoms with Crippen LogP contribution in [0, 0.1) is 12.8 Å². The summed E-state index contributed by atoms with van der Waals surface area (Å²) < 4.78 is 6.04. The highest BCUT2D eigenvalue weighted by Crippen LogP contribution is 2.47. The van der Waals surface area contributed by atoms with Crippen LogP contribution in [0.3, 0.4) is 0 Å². The van der Waals surface area contributed by atoms with Gasteiger partial charge >= 0.3 is 0 Å². The molecular weight excluding hydrogens is 222 g/mol.